The third kappa shape index (κ3) is 3.45. The van der Waals surface area contributed by atoms with E-state index in [1.165, 1.54) is 6.42 Å². The normalized spacial score (nSPS) is 38.3. The number of nitrogens with one attached hydrogen (secondary N) is 1. The van der Waals surface area contributed by atoms with Crippen LogP contribution >= 0.6 is 0 Å². The van der Waals surface area contributed by atoms with Gasteiger partial charge in [-0.1, -0.05) is 0 Å². The summed E-state index contributed by atoms with van der Waals surface area (Å²) in [5, 5.41) is 13.5. The number of nitrogens with zero attached hydrogens (tertiary/aromatic N) is 1. The second kappa shape index (κ2) is 5.57. The number of piperidine rings is 1. The van der Waals surface area contributed by atoms with Crippen LogP contribution in [-0.4, -0.2) is 46.7 Å². The molecule has 2 aliphatic rings. The smallest absolute Gasteiger partial charge is 0.239 e. The van der Waals surface area contributed by atoms with Gasteiger partial charge in [-0.15, -0.1) is 0 Å². The molecule has 2 saturated heterocycles. The van der Waals surface area contributed by atoms with Crippen LogP contribution in [0.3, 0.4) is 0 Å². The maximum Gasteiger partial charge on any atom is 0.239 e. The van der Waals surface area contributed by atoms with Crippen LogP contribution in [0.25, 0.3) is 0 Å². The van der Waals surface area contributed by atoms with Crippen molar-refractivity contribution >= 4 is 5.91 Å². The van der Waals surface area contributed by atoms with Gasteiger partial charge in [0.05, 0.1) is 11.6 Å². The first-order valence-corrected chi connectivity index (χ1v) is 7.25. The second-order valence-corrected chi connectivity index (χ2v) is 6.23. The lowest BCUT2D eigenvalue weighted by atomic mass is 9.98. The lowest BCUT2D eigenvalue weighted by Crippen LogP contribution is -2.51. The first-order chi connectivity index (χ1) is 8.48. The van der Waals surface area contributed by atoms with E-state index in [0.29, 0.717) is 19.0 Å². The van der Waals surface area contributed by atoms with Gasteiger partial charge in [0.15, 0.2) is 0 Å². The molecule has 0 spiro atoms. The molecule has 4 nitrogen and oxygen atoms in total. The van der Waals surface area contributed by atoms with Gasteiger partial charge in [0.25, 0.3) is 0 Å². The Morgan fingerprint density at radius 1 is 1.28 bits per heavy atom. The molecule has 0 aromatic carbocycles. The van der Waals surface area contributed by atoms with E-state index in [2.05, 4.69) is 12.2 Å². The number of amides is 1. The lowest BCUT2D eigenvalue weighted by molar-refractivity contribution is -0.134. The molecule has 2 heterocycles. The van der Waals surface area contributed by atoms with Crippen LogP contribution in [0.5, 0.6) is 0 Å². The molecular formula is C14H26N2O2. The predicted octanol–water partition coefficient (Wildman–Crippen LogP) is 1.28. The van der Waals surface area contributed by atoms with Gasteiger partial charge in [-0.25, -0.2) is 0 Å². The van der Waals surface area contributed by atoms with E-state index in [1.807, 2.05) is 11.8 Å². The highest BCUT2D eigenvalue weighted by Crippen LogP contribution is 2.23. The minimum Gasteiger partial charge on any atom is -0.390 e. The zero-order valence-corrected chi connectivity index (χ0v) is 11.6. The molecule has 104 valence electrons. The van der Waals surface area contributed by atoms with E-state index in [4.69, 9.17) is 0 Å². The second-order valence-electron chi connectivity index (χ2n) is 6.23. The lowest BCUT2D eigenvalue weighted by Gasteiger charge is -2.32. The van der Waals surface area contributed by atoms with Crippen molar-refractivity contribution in [1.29, 1.82) is 0 Å². The average molecular weight is 254 g/mol. The third-order valence-electron chi connectivity index (χ3n) is 4.29. The fourth-order valence-electron chi connectivity index (χ4n) is 3.04. The molecule has 18 heavy (non-hydrogen) atoms. The molecule has 0 aromatic heterocycles. The fourth-order valence-corrected chi connectivity index (χ4v) is 3.04. The number of hydrogen-bond acceptors (Lipinski definition) is 3. The maximum absolute atomic E-state index is 12.4. The number of aliphatic hydroxyl groups is 1. The van der Waals surface area contributed by atoms with Gasteiger partial charge in [-0.3, -0.25) is 4.79 Å². The molecule has 0 saturated carbocycles. The van der Waals surface area contributed by atoms with Gasteiger partial charge in [0.2, 0.25) is 5.91 Å². The summed E-state index contributed by atoms with van der Waals surface area (Å²) in [6.45, 7) is 5.51. The van der Waals surface area contributed by atoms with Crippen LogP contribution in [0.15, 0.2) is 0 Å². The van der Waals surface area contributed by atoms with Crippen molar-refractivity contribution in [1.82, 2.24) is 10.2 Å². The number of rotatable bonds is 1. The summed E-state index contributed by atoms with van der Waals surface area (Å²) in [6.07, 6.45) is 5.65. The summed E-state index contributed by atoms with van der Waals surface area (Å²) in [4.78, 5) is 14.4. The quantitative estimate of drug-likeness (QED) is 0.741. The maximum atomic E-state index is 12.4. The Morgan fingerprint density at radius 2 is 2.06 bits per heavy atom. The van der Waals surface area contributed by atoms with Crippen LogP contribution in [0.1, 0.15) is 52.4 Å². The molecule has 3 atom stereocenters. The van der Waals surface area contributed by atoms with Gasteiger partial charge >= 0.3 is 0 Å². The van der Waals surface area contributed by atoms with Crippen LogP contribution in [-0.2, 0) is 4.79 Å². The van der Waals surface area contributed by atoms with Crippen molar-refractivity contribution < 1.29 is 9.90 Å². The molecule has 1 amide bonds. The Bertz CT molecular complexity index is 304. The highest BCUT2D eigenvalue weighted by atomic mass is 16.3. The number of carbonyl (C=O) groups is 1. The third-order valence-corrected chi connectivity index (χ3v) is 4.29. The predicted molar refractivity (Wildman–Crippen MR) is 71.3 cm³/mol. The van der Waals surface area contributed by atoms with Gasteiger partial charge < -0.3 is 15.3 Å². The summed E-state index contributed by atoms with van der Waals surface area (Å²) in [5.74, 6) is 0.235. The summed E-state index contributed by atoms with van der Waals surface area (Å²) in [6, 6.07) is 0.444. The molecule has 3 unspecified atom stereocenters. The Hall–Kier alpha value is -0.610. The van der Waals surface area contributed by atoms with Crippen molar-refractivity contribution in [2.45, 2.75) is 70.1 Å². The van der Waals surface area contributed by atoms with E-state index < -0.39 is 5.60 Å². The Balaban J connectivity index is 1.92. The average Bonchev–Trinajstić information content (AvgIpc) is 2.49. The fraction of sp³-hybridized carbons (Fsp3) is 0.929. The molecule has 2 rings (SSSR count). The first kappa shape index (κ1) is 13.8. The standard InChI is InChI=1S/C14H26N2O2/c1-11-5-3-6-12(15-11)13(17)16-9-4-7-14(2,18)8-10-16/h11-12,15,18H,3-10H2,1-2H3. The van der Waals surface area contributed by atoms with E-state index in [1.54, 1.807) is 0 Å². The van der Waals surface area contributed by atoms with E-state index >= 15 is 0 Å². The van der Waals surface area contributed by atoms with Gasteiger partial charge in [0, 0.05) is 19.1 Å². The topological polar surface area (TPSA) is 52.6 Å². The van der Waals surface area contributed by atoms with Crippen LogP contribution in [0.2, 0.25) is 0 Å². The molecular weight excluding hydrogens is 228 g/mol. The highest BCUT2D eigenvalue weighted by Gasteiger charge is 2.31. The Morgan fingerprint density at radius 3 is 2.78 bits per heavy atom. The number of likely N-dealkylation sites (tertiary alicyclic amines) is 1. The monoisotopic (exact) mass is 254 g/mol. The minimum absolute atomic E-state index is 0.00296. The highest BCUT2D eigenvalue weighted by molar-refractivity contribution is 5.82. The first-order valence-electron chi connectivity index (χ1n) is 7.25. The molecule has 2 aliphatic heterocycles. The van der Waals surface area contributed by atoms with Crippen LogP contribution < -0.4 is 5.32 Å². The Kier molecular flexibility index (Phi) is 4.28. The van der Waals surface area contributed by atoms with Crippen molar-refractivity contribution in [3.8, 4) is 0 Å². The molecule has 0 aliphatic carbocycles. The molecule has 2 N–H and O–H groups in total. The molecule has 4 heteroatoms. The summed E-state index contributed by atoms with van der Waals surface area (Å²) in [5.41, 5.74) is -0.595. The largest absolute Gasteiger partial charge is 0.390 e. The van der Waals surface area contributed by atoms with E-state index in [-0.39, 0.29) is 11.9 Å². The van der Waals surface area contributed by atoms with Gasteiger partial charge in [-0.05, 0) is 52.4 Å². The van der Waals surface area contributed by atoms with Gasteiger partial charge in [-0.2, -0.15) is 0 Å². The molecule has 0 bridgehead atoms. The summed E-state index contributed by atoms with van der Waals surface area (Å²) >= 11 is 0. The van der Waals surface area contributed by atoms with Crippen LogP contribution in [0.4, 0.5) is 0 Å². The number of hydrogen-bond donors (Lipinski definition) is 2. The van der Waals surface area contributed by atoms with Crippen molar-refractivity contribution in [3.05, 3.63) is 0 Å². The van der Waals surface area contributed by atoms with E-state index in [0.717, 1.165) is 32.2 Å². The van der Waals surface area contributed by atoms with Crippen LogP contribution in [0, 0.1) is 0 Å². The van der Waals surface area contributed by atoms with Crippen molar-refractivity contribution in [2.24, 2.45) is 0 Å². The zero-order valence-electron chi connectivity index (χ0n) is 11.6. The Labute approximate surface area is 110 Å². The molecule has 2 fully saturated rings. The van der Waals surface area contributed by atoms with Crippen molar-refractivity contribution in [3.63, 3.8) is 0 Å². The van der Waals surface area contributed by atoms with E-state index in [9.17, 15) is 9.90 Å². The van der Waals surface area contributed by atoms with Gasteiger partial charge in [0.1, 0.15) is 0 Å². The number of carbonyl (C=O) groups excluding carboxylic acids is 1. The van der Waals surface area contributed by atoms with Crippen molar-refractivity contribution in [2.75, 3.05) is 13.1 Å². The summed E-state index contributed by atoms with van der Waals surface area (Å²) < 4.78 is 0. The zero-order chi connectivity index (χ0) is 13.2. The molecule has 0 aromatic rings. The SMILES string of the molecule is CC1CCCC(C(=O)N2CCCC(C)(O)CC2)N1. The summed E-state index contributed by atoms with van der Waals surface area (Å²) in [7, 11) is 0. The molecule has 0 radical (unpaired) electrons. The minimum atomic E-state index is -0.595.